The molecule has 1 rings (SSSR count). The number of halogens is 3. The molecule has 0 aromatic heterocycles. The van der Waals surface area contributed by atoms with E-state index in [0.29, 0.717) is 0 Å². The van der Waals surface area contributed by atoms with Gasteiger partial charge in [-0.25, -0.2) is 0 Å². The summed E-state index contributed by atoms with van der Waals surface area (Å²) in [4.78, 5) is 0. The first kappa shape index (κ1) is 13.4. The third-order valence-electron chi connectivity index (χ3n) is 2.16. The van der Waals surface area contributed by atoms with E-state index in [0.717, 1.165) is 16.6 Å². The maximum absolute atomic E-state index is 12.2. The molecule has 1 N–H and O–H groups in total. The van der Waals surface area contributed by atoms with Crippen LogP contribution in [0.1, 0.15) is 25.5 Å². The zero-order chi connectivity index (χ0) is 12.1. The van der Waals surface area contributed by atoms with Crippen molar-refractivity contribution in [3.63, 3.8) is 0 Å². The van der Waals surface area contributed by atoms with Crippen molar-refractivity contribution < 1.29 is 13.5 Å². The average molecular weight is 294 g/mol. The molecule has 1 aromatic rings. The average Bonchev–Trinajstić information content (AvgIpc) is 2.20. The van der Waals surface area contributed by atoms with Gasteiger partial charge in [-0.2, -0.15) is 8.78 Å². The highest BCUT2D eigenvalue weighted by Gasteiger charge is 2.14. The van der Waals surface area contributed by atoms with Crippen LogP contribution < -0.4 is 10.1 Å². The van der Waals surface area contributed by atoms with Crippen LogP contribution in [0.25, 0.3) is 0 Å². The van der Waals surface area contributed by atoms with Gasteiger partial charge in [-0.1, -0.05) is 22.9 Å². The zero-order valence-electron chi connectivity index (χ0n) is 9.14. The lowest BCUT2D eigenvalue weighted by molar-refractivity contribution is -0.0506. The Morgan fingerprint density at radius 1 is 1.44 bits per heavy atom. The second-order valence-corrected chi connectivity index (χ2v) is 4.26. The summed E-state index contributed by atoms with van der Waals surface area (Å²) in [5, 5.41) is 3.16. The lowest BCUT2D eigenvalue weighted by atomic mass is 10.1. The second-order valence-electron chi connectivity index (χ2n) is 3.34. The lowest BCUT2D eigenvalue weighted by Gasteiger charge is -2.17. The van der Waals surface area contributed by atoms with Gasteiger partial charge < -0.3 is 10.1 Å². The minimum atomic E-state index is -2.80. The predicted molar refractivity (Wildman–Crippen MR) is 62.9 cm³/mol. The minimum Gasteiger partial charge on any atom is -0.434 e. The summed E-state index contributed by atoms with van der Waals surface area (Å²) >= 11 is 3.31. The first-order valence-corrected chi connectivity index (χ1v) is 5.81. The molecule has 0 radical (unpaired) electrons. The molecular weight excluding hydrogens is 280 g/mol. The van der Waals surface area contributed by atoms with Gasteiger partial charge in [-0.3, -0.25) is 0 Å². The zero-order valence-corrected chi connectivity index (χ0v) is 10.7. The minimum absolute atomic E-state index is 0.0312. The third-order valence-corrected chi connectivity index (χ3v) is 2.66. The predicted octanol–water partition coefficient (Wildman–Crippen LogP) is 3.72. The van der Waals surface area contributed by atoms with E-state index in [9.17, 15) is 8.78 Å². The van der Waals surface area contributed by atoms with Gasteiger partial charge in [0.25, 0.3) is 0 Å². The van der Waals surface area contributed by atoms with Gasteiger partial charge in [-0.15, -0.1) is 0 Å². The molecule has 5 heteroatoms. The largest absolute Gasteiger partial charge is 0.434 e. The van der Waals surface area contributed by atoms with Crippen LogP contribution in [0.2, 0.25) is 0 Å². The van der Waals surface area contributed by atoms with Crippen molar-refractivity contribution in [1.82, 2.24) is 5.32 Å². The van der Waals surface area contributed by atoms with Crippen molar-refractivity contribution in [3.8, 4) is 5.75 Å². The smallest absolute Gasteiger partial charge is 0.387 e. The molecule has 0 bridgehead atoms. The highest BCUT2D eigenvalue weighted by Crippen LogP contribution is 2.29. The Morgan fingerprint density at radius 3 is 2.69 bits per heavy atom. The number of rotatable bonds is 5. The Balaban J connectivity index is 2.97. The van der Waals surface area contributed by atoms with Crippen LogP contribution in [0.4, 0.5) is 8.78 Å². The molecule has 0 aliphatic heterocycles. The molecule has 0 spiro atoms. The number of benzene rings is 1. The fourth-order valence-electron chi connectivity index (χ4n) is 1.48. The fourth-order valence-corrected chi connectivity index (χ4v) is 1.86. The molecular formula is C11H14BrF2NO. The molecule has 16 heavy (non-hydrogen) atoms. The highest BCUT2D eigenvalue weighted by atomic mass is 79.9. The number of ether oxygens (including phenoxy) is 1. The first-order valence-electron chi connectivity index (χ1n) is 5.02. The summed E-state index contributed by atoms with van der Waals surface area (Å²) in [6.45, 7) is 1.84. The molecule has 90 valence electrons. The monoisotopic (exact) mass is 293 g/mol. The summed E-state index contributed by atoms with van der Waals surface area (Å²) in [6.07, 6.45) is 0. The maximum atomic E-state index is 12.2. The van der Waals surface area contributed by atoms with E-state index >= 15 is 0 Å². The van der Waals surface area contributed by atoms with Crippen LogP contribution in [0.3, 0.4) is 0 Å². The van der Waals surface area contributed by atoms with Gasteiger partial charge in [0, 0.05) is 16.1 Å². The van der Waals surface area contributed by atoms with Crippen molar-refractivity contribution in [2.75, 3.05) is 6.54 Å². The van der Waals surface area contributed by atoms with Crippen molar-refractivity contribution in [2.24, 2.45) is 0 Å². The Labute approximate surface area is 102 Å². The van der Waals surface area contributed by atoms with E-state index in [1.807, 2.05) is 13.8 Å². The van der Waals surface area contributed by atoms with Crippen LogP contribution in [-0.4, -0.2) is 13.2 Å². The SMILES string of the molecule is CCNC(C)c1cc(Br)ccc1OC(F)F. The van der Waals surface area contributed by atoms with E-state index in [2.05, 4.69) is 26.0 Å². The summed E-state index contributed by atoms with van der Waals surface area (Å²) in [6, 6.07) is 4.97. The Bertz CT molecular complexity index is 347. The van der Waals surface area contributed by atoms with Crippen LogP contribution in [0.15, 0.2) is 22.7 Å². The van der Waals surface area contributed by atoms with Gasteiger partial charge in [0.1, 0.15) is 5.75 Å². The number of nitrogens with one attached hydrogen (secondary N) is 1. The Morgan fingerprint density at radius 2 is 2.12 bits per heavy atom. The van der Waals surface area contributed by atoms with Gasteiger partial charge >= 0.3 is 6.61 Å². The molecule has 2 nitrogen and oxygen atoms in total. The van der Waals surface area contributed by atoms with E-state index in [1.54, 1.807) is 18.2 Å². The van der Waals surface area contributed by atoms with Crippen LogP contribution in [-0.2, 0) is 0 Å². The van der Waals surface area contributed by atoms with E-state index in [4.69, 9.17) is 0 Å². The number of hydrogen-bond donors (Lipinski definition) is 1. The third kappa shape index (κ3) is 3.72. The summed E-state index contributed by atoms with van der Waals surface area (Å²) in [7, 11) is 0. The quantitative estimate of drug-likeness (QED) is 0.893. The van der Waals surface area contributed by atoms with Crippen LogP contribution in [0, 0.1) is 0 Å². The molecule has 0 heterocycles. The number of hydrogen-bond acceptors (Lipinski definition) is 2. The molecule has 1 unspecified atom stereocenters. The van der Waals surface area contributed by atoms with Gasteiger partial charge in [0.15, 0.2) is 0 Å². The second kappa shape index (κ2) is 6.15. The topological polar surface area (TPSA) is 21.3 Å². The molecule has 0 aliphatic rings. The molecule has 0 saturated carbocycles. The summed E-state index contributed by atoms with van der Waals surface area (Å²) in [5.41, 5.74) is 0.719. The van der Waals surface area contributed by atoms with E-state index < -0.39 is 6.61 Å². The van der Waals surface area contributed by atoms with Crippen molar-refractivity contribution in [1.29, 1.82) is 0 Å². The molecule has 0 amide bonds. The molecule has 0 fully saturated rings. The fraction of sp³-hybridized carbons (Fsp3) is 0.455. The first-order chi connectivity index (χ1) is 7.54. The molecule has 1 atom stereocenters. The maximum Gasteiger partial charge on any atom is 0.387 e. The van der Waals surface area contributed by atoms with Gasteiger partial charge in [-0.05, 0) is 31.7 Å². The van der Waals surface area contributed by atoms with Crippen molar-refractivity contribution in [2.45, 2.75) is 26.5 Å². The summed E-state index contributed by atoms with van der Waals surface area (Å²) in [5.74, 6) is 0.214. The van der Waals surface area contributed by atoms with Gasteiger partial charge in [0.2, 0.25) is 0 Å². The highest BCUT2D eigenvalue weighted by molar-refractivity contribution is 9.10. The Kier molecular flexibility index (Phi) is 5.15. The number of alkyl halides is 2. The summed E-state index contributed by atoms with van der Waals surface area (Å²) < 4.78 is 29.7. The Hall–Kier alpha value is -0.680. The molecule has 0 aliphatic carbocycles. The van der Waals surface area contributed by atoms with Crippen molar-refractivity contribution >= 4 is 15.9 Å². The normalized spacial score (nSPS) is 12.9. The van der Waals surface area contributed by atoms with Gasteiger partial charge in [0.05, 0.1) is 0 Å². The van der Waals surface area contributed by atoms with Crippen LogP contribution in [0.5, 0.6) is 5.75 Å². The van der Waals surface area contributed by atoms with E-state index in [-0.39, 0.29) is 11.8 Å². The molecule has 1 aromatic carbocycles. The molecule has 0 saturated heterocycles. The van der Waals surface area contributed by atoms with Crippen molar-refractivity contribution in [3.05, 3.63) is 28.2 Å². The lowest BCUT2D eigenvalue weighted by Crippen LogP contribution is -2.19. The standard InChI is InChI=1S/C11H14BrF2NO/c1-3-15-7(2)9-6-8(12)4-5-10(9)16-11(13)14/h4-7,11,15H,3H2,1-2H3. The van der Waals surface area contributed by atoms with Crippen LogP contribution >= 0.6 is 15.9 Å². The van der Waals surface area contributed by atoms with E-state index in [1.165, 1.54) is 0 Å².